The molecule has 6 rings (SSSR count). The molecule has 0 fully saturated rings. The van der Waals surface area contributed by atoms with Gasteiger partial charge >= 0.3 is 0 Å². The van der Waals surface area contributed by atoms with Gasteiger partial charge in [0.25, 0.3) is 0 Å². The predicted octanol–water partition coefficient (Wildman–Crippen LogP) is 9.75. The van der Waals surface area contributed by atoms with Crippen molar-refractivity contribution in [2.45, 2.75) is 13.3 Å². The third-order valence-corrected chi connectivity index (χ3v) is 8.37. The zero-order valence-electron chi connectivity index (χ0n) is 27.3. The normalized spacial score (nSPS) is 11.7. The van der Waals surface area contributed by atoms with Crippen LogP contribution in [0.4, 0.5) is 11.4 Å². The largest absolute Gasteiger partial charge is 0.399 e. The lowest BCUT2D eigenvalue weighted by Gasteiger charge is -2.12. The number of aromatic nitrogens is 2. The number of rotatable bonds is 10. The minimum Gasteiger partial charge on any atom is -0.399 e. The van der Waals surface area contributed by atoms with Gasteiger partial charge in [-0.1, -0.05) is 110 Å². The minimum absolute atomic E-state index is 0.663. The zero-order chi connectivity index (χ0) is 33.5. The van der Waals surface area contributed by atoms with Crippen molar-refractivity contribution in [3.8, 4) is 56.2 Å². The summed E-state index contributed by atoms with van der Waals surface area (Å²) < 4.78 is 0. The fourth-order valence-electron chi connectivity index (χ4n) is 5.65. The zero-order valence-corrected chi connectivity index (χ0v) is 27.3. The quantitative estimate of drug-likeness (QED) is 0.104. The van der Waals surface area contributed by atoms with Gasteiger partial charge in [0.2, 0.25) is 0 Å². The third kappa shape index (κ3) is 7.43. The van der Waals surface area contributed by atoms with Gasteiger partial charge in [-0.05, 0) is 89.2 Å². The van der Waals surface area contributed by atoms with Crippen LogP contribution in [-0.2, 0) is 6.42 Å². The molecule has 5 heteroatoms. The summed E-state index contributed by atoms with van der Waals surface area (Å²) in [6.45, 7) is 5.95. The first-order valence-electron chi connectivity index (χ1n) is 16.0. The highest BCUT2D eigenvalue weighted by atomic mass is 14.9. The molecule has 0 radical (unpaired) electrons. The smallest absolute Gasteiger partial charge is 0.160 e. The molecule has 0 amide bonds. The van der Waals surface area contributed by atoms with Gasteiger partial charge in [0.05, 0.1) is 11.4 Å². The van der Waals surface area contributed by atoms with E-state index in [0.29, 0.717) is 5.82 Å². The summed E-state index contributed by atoms with van der Waals surface area (Å²) in [5.74, 6) is 0.663. The van der Waals surface area contributed by atoms with Gasteiger partial charge in [0.1, 0.15) is 0 Å². The number of nitrogens with one attached hydrogen (secondary N) is 1. The number of nitrogens with zero attached hydrogens (tertiary/aromatic N) is 2. The first-order valence-corrected chi connectivity index (χ1v) is 16.0. The van der Waals surface area contributed by atoms with Gasteiger partial charge in [-0.3, -0.25) is 0 Å². The maximum absolute atomic E-state index is 6.05. The summed E-state index contributed by atoms with van der Waals surface area (Å²) in [5, 5.41) is 3.18. The molecule has 48 heavy (non-hydrogen) atoms. The molecule has 1 aromatic heterocycles. The van der Waals surface area contributed by atoms with E-state index in [0.717, 1.165) is 73.8 Å². The molecule has 0 spiro atoms. The number of nitrogen functional groups attached to an aromatic ring is 2. The van der Waals surface area contributed by atoms with Crippen molar-refractivity contribution in [1.29, 1.82) is 0 Å². The predicted molar refractivity (Wildman–Crippen MR) is 203 cm³/mol. The Balaban J connectivity index is 1.36. The van der Waals surface area contributed by atoms with Gasteiger partial charge in [-0.25, -0.2) is 9.97 Å². The summed E-state index contributed by atoms with van der Waals surface area (Å²) in [5.41, 5.74) is 26.0. The summed E-state index contributed by atoms with van der Waals surface area (Å²) in [4.78, 5) is 10.1. The van der Waals surface area contributed by atoms with Crippen molar-refractivity contribution < 1.29 is 0 Å². The second-order valence-electron chi connectivity index (χ2n) is 11.7. The Morgan fingerprint density at radius 2 is 1.10 bits per heavy atom. The molecular formula is C43H39N5. The van der Waals surface area contributed by atoms with Gasteiger partial charge in [0, 0.05) is 40.8 Å². The Morgan fingerprint density at radius 3 is 1.56 bits per heavy atom. The monoisotopic (exact) mass is 625 g/mol. The number of benzene rings is 5. The standard InChI is InChI=1S/C43H39N5/c1-4-29(25-40(5-2)46-3)24-30-12-14-33(15-13-30)41-28-42(34-20-16-31(17-21-34)36-8-6-10-38(44)26-36)48-43(47-41)35-22-18-32(19-23-35)37-9-7-11-39(45)27-37/h4-23,25-28,46H,2,24,44-45H2,1,3H3/b29-4-,40-25+. The Kier molecular flexibility index (Phi) is 9.59. The number of likely N-dealkylation sites (N-methyl/N-ethyl adjacent to an activating group) is 1. The van der Waals surface area contributed by atoms with Crippen molar-refractivity contribution in [3.63, 3.8) is 0 Å². The second kappa shape index (κ2) is 14.5. The summed E-state index contributed by atoms with van der Waals surface area (Å²) in [6.07, 6.45) is 6.90. The van der Waals surface area contributed by atoms with E-state index in [1.165, 1.54) is 11.1 Å². The van der Waals surface area contributed by atoms with E-state index in [9.17, 15) is 0 Å². The molecule has 0 atom stereocenters. The molecule has 5 nitrogen and oxygen atoms in total. The van der Waals surface area contributed by atoms with Gasteiger partial charge in [0.15, 0.2) is 5.82 Å². The number of hydrogen-bond acceptors (Lipinski definition) is 5. The molecule has 0 bridgehead atoms. The summed E-state index contributed by atoms with van der Waals surface area (Å²) >= 11 is 0. The Hall–Kier alpha value is -6.20. The van der Waals surface area contributed by atoms with Crippen LogP contribution in [-0.4, -0.2) is 17.0 Å². The van der Waals surface area contributed by atoms with Crippen molar-refractivity contribution in [2.24, 2.45) is 0 Å². The molecule has 0 unspecified atom stereocenters. The van der Waals surface area contributed by atoms with Crippen LogP contribution in [0.1, 0.15) is 12.5 Å². The molecule has 0 aliphatic rings. The number of hydrogen-bond donors (Lipinski definition) is 3. The molecule has 0 saturated carbocycles. The van der Waals surface area contributed by atoms with E-state index in [2.05, 4.69) is 122 Å². The fraction of sp³-hybridized carbons (Fsp3) is 0.0698. The van der Waals surface area contributed by atoms with Crippen LogP contribution in [0.5, 0.6) is 0 Å². The molecule has 5 aromatic carbocycles. The molecule has 1 heterocycles. The van der Waals surface area contributed by atoms with Crippen molar-refractivity contribution in [3.05, 3.63) is 169 Å². The van der Waals surface area contributed by atoms with Crippen LogP contribution >= 0.6 is 0 Å². The average molecular weight is 626 g/mol. The van der Waals surface area contributed by atoms with Gasteiger partial charge in [-0.15, -0.1) is 0 Å². The van der Waals surface area contributed by atoms with E-state index >= 15 is 0 Å². The third-order valence-electron chi connectivity index (χ3n) is 8.37. The maximum atomic E-state index is 6.05. The molecule has 0 aliphatic heterocycles. The first kappa shape index (κ1) is 31.8. The van der Waals surface area contributed by atoms with Crippen LogP contribution in [0.15, 0.2) is 163 Å². The number of anilines is 2. The molecule has 0 saturated heterocycles. The van der Waals surface area contributed by atoms with E-state index in [-0.39, 0.29) is 0 Å². The topological polar surface area (TPSA) is 89.8 Å². The average Bonchev–Trinajstić information content (AvgIpc) is 3.13. The summed E-state index contributed by atoms with van der Waals surface area (Å²) in [6, 6.07) is 43.3. The van der Waals surface area contributed by atoms with Crippen molar-refractivity contribution in [2.75, 3.05) is 18.5 Å². The van der Waals surface area contributed by atoms with Crippen LogP contribution in [0.3, 0.4) is 0 Å². The Bertz CT molecular complexity index is 2000. The molecule has 0 aliphatic carbocycles. The van der Waals surface area contributed by atoms with E-state index in [1.807, 2.05) is 49.5 Å². The molecule has 5 N–H and O–H groups in total. The number of allylic oxidation sites excluding steroid dienone is 4. The molecule has 236 valence electrons. The van der Waals surface area contributed by atoms with E-state index in [1.54, 1.807) is 0 Å². The Labute approximate surface area is 283 Å². The highest BCUT2D eigenvalue weighted by Crippen LogP contribution is 2.31. The molecular weight excluding hydrogens is 587 g/mol. The Morgan fingerprint density at radius 1 is 0.625 bits per heavy atom. The lowest BCUT2D eigenvalue weighted by Crippen LogP contribution is -2.03. The highest BCUT2D eigenvalue weighted by Gasteiger charge is 2.12. The first-order chi connectivity index (χ1) is 23.4. The van der Waals surface area contributed by atoms with E-state index in [4.69, 9.17) is 21.4 Å². The van der Waals surface area contributed by atoms with Crippen LogP contribution in [0.2, 0.25) is 0 Å². The van der Waals surface area contributed by atoms with Crippen molar-refractivity contribution >= 4 is 11.4 Å². The second-order valence-corrected chi connectivity index (χ2v) is 11.7. The lowest BCUT2D eigenvalue weighted by molar-refractivity contribution is 1.02. The minimum atomic E-state index is 0.663. The lowest BCUT2D eigenvalue weighted by atomic mass is 9.99. The van der Waals surface area contributed by atoms with Crippen LogP contribution in [0.25, 0.3) is 56.2 Å². The number of nitrogens with two attached hydrogens (primary N) is 2. The van der Waals surface area contributed by atoms with Crippen LogP contribution in [0, 0.1) is 0 Å². The SMILES string of the molecule is C=C/C(=C\C(=C/C)Cc1ccc(-c2cc(-c3ccc(-c4cccc(N)c4)cc3)nc(-c3ccc(-c4cccc(N)c4)cc3)n2)cc1)NC. The van der Waals surface area contributed by atoms with E-state index < -0.39 is 0 Å². The van der Waals surface area contributed by atoms with Gasteiger partial charge < -0.3 is 16.8 Å². The van der Waals surface area contributed by atoms with Crippen LogP contribution < -0.4 is 16.8 Å². The highest BCUT2D eigenvalue weighted by molar-refractivity contribution is 5.76. The van der Waals surface area contributed by atoms with Crippen molar-refractivity contribution in [1.82, 2.24) is 15.3 Å². The van der Waals surface area contributed by atoms with Gasteiger partial charge in [-0.2, -0.15) is 0 Å². The summed E-state index contributed by atoms with van der Waals surface area (Å²) in [7, 11) is 1.90. The molecule has 6 aromatic rings. The fourth-order valence-corrected chi connectivity index (χ4v) is 5.65. The maximum Gasteiger partial charge on any atom is 0.160 e.